The van der Waals surface area contributed by atoms with Gasteiger partial charge in [0.2, 0.25) is 0 Å². The minimum absolute atomic E-state index is 0.0558. The molecule has 1 aromatic rings. The number of H-pyrrole nitrogens is 1. The molecule has 16 heavy (non-hydrogen) atoms. The first kappa shape index (κ1) is 12.8. The second-order valence-corrected chi connectivity index (χ2v) is 4.71. The maximum absolute atomic E-state index is 11.3. The number of carbonyl (C=O) groups is 1. The number of nitrogens with one attached hydrogen (secondary N) is 1. The molecule has 88 valence electrons. The van der Waals surface area contributed by atoms with Gasteiger partial charge in [-0.25, -0.2) is 4.98 Å². The number of thioether (sulfide) groups is 1. The topological polar surface area (TPSA) is 83.0 Å². The summed E-state index contributed by atoms with van der Waals surface area (Å²) in [6.45, 7) is 3.90. The van der Waals surface area contributed by atoms with Gasteiger partial charge in [0.15, 0.2) is 5.16 Å². The zero-order valence-corrected chi connectivity index (χ0v) is 10.0. The van der Waals surface area contributed by atoms with Gasteiger partial charge in [0, 0.05) is 11.8 Å². The van der Waals surface area contributed by atoms with E-state index in [1.54, 1.807) is 0 Å². The van der Waals surface area contributed by atoms with Crippen LogP contribution in [0, 0.1) is 0 Å². The maximum Gasteiger partial charge on any atom is 0.304 e. The van der Waals surface area contributed by atoms with Gasteiger partial charge in [-0.05, 0) is 5.92 Å². The fourth-order valence-electron chi connectivity index (χ4n) is 1.05. The molecule has 1 heterocycles. The summed E-state index contributed by atoms with van der Waals surface area (Å²) in [5, 5.41) is 8.97. The molecule has 5 nitrogen and oxygen atoms in total. The van der Waals surface area contributed by atoms with Crippen LogP contribution < -0.4 is 5.56 Å². The monoisotopic (exact) mass is 242 g/mol. The first-order valence-corrected chi connectivity index (χ1v) is 5.93. The standard InChI is InChI=1S/C10H14N2O3S/c1-6(2)7-5-8(13)12-10(11-7)16-4-3-9(14)15/h5-6H,3-4H2,1-2H3,(H,14,15)(H,11,12,13). The Morgan fingerprint density at radius 1 is 1.62 bits per heavy atom. The van der Waals surface area contributed by atoms with E-state index in [1.807, 2.05) is 13.8 Å². The summed E-state index contributed by atoms with van der Waals surface area (Å²) < 4.78 is 0. The maximum atomic E-state index is 11.3. The number of carboxylic acids is 1. The SMILES string of the molecule is CC(C)c1cc(=O)[nH]c(SCCC(=O)O)n1. The van der Waals surface area contributed by atoms with E-state index in [-0.39, 0.29) is 17.9 Å². The van der Waals surface area contributed by atoms with Gasteiger partial charge in [-0.3, -0.25) is 9.59 Å². The van der Waals surface area contributed by atoms with Gasteiger partial charge in [-0.1, -0.05) is 25.6 Å². The van der Waals surface area contributed by atoms with Gasteiger partial charge < -0.3 is 10.1 Å². The van der Waals surface area contributed by atoms with Crippen LogP contribution in [-0.2, 0) is 4.79 Å². The summed E-state index contributed by atoms with van der Waals surface area (Å²) in [7, 11) is 0. The van der Waals surface area contributed by atoms with Crippen LogP contribution in [0.2, 0.25) is 0 Å². The Labute approximate surface area is 97.3 Å². The zero-order valence-electron chi connectivity index (χ0n) is 9.19. The van der Waals surface area contributed by atoms with E-state index in [1.165, 1.54) is 17.8 Å². The Kier molecular flexibility index (Phi) is 4.54. The second-order valence-electron chi connectivity index (χ2n) is 3.62. The normalized spacial score (nSPS) is 10.7. The van der Waals surface area contributed by atoms with Crippen molar-refractivity contribution in [1.29, 1.82) is 0 Å². The number of hydrogen-bond donors (Lipinski definition) is 2. The molecule has 1 rings (SSSR count). The molecule has 2 N–H and O–H groups in total. The molecule has 0 saturated carbocycles. The fourth-order valence-corrected chi connectivity index (χ4v) is 1.87. The van der Waals surface area contributed by atoms with E-state index in [0.717, 1.165) is 5.69 Å². The minimum atomic E-state index is -0.852. The molecule has 0 fully saturated rings. The summed E-state index contributed by atoms with van der Waals surface area (Å²) in [6, 6.07) is 1.46. The van der Waals surface area contributed by atoms with E-state index in [0.29, 0.717) is 10.9 Å². The Bertz CT molecular complexity index is 428. The summed E-state index contributed by atoms with van der Waals surface area (Å²) in [4.78, 5) is 28.4. The average molecular weight is 242 g/mol. The zero-order chi connectivity index (χ0) is 12.1. The molecular formula is C10H14N2O3S. The van der Waals surface area contributed by atoms with E-state index in [9.17, 15) is 9.59 Å². The number of carboxylic acid groups (broad SMARTS) is 1. The van der Waals surface area contributed by atoms with E-state index >= 15 is 0 Å². The van der Waals surface area contributed by atoms with Gasteiger partial charge in [0.05, 0.1) is 12.1 Å². The highest BCUT2D eigenvalue weighted by atomic mass is 32.2. The molecule has 0 aromatic carbocycles. The van der Waals surface area contributed by atoms with Crippen molar-refractivity contribution in [2.24, 2.45) is 0 Å². The highest BCUT2D eigenvalue weighted by Crippen LogP contribution is 2.15. The van der Waals surface area contributed by atoms with E-state index in [2.05, 4.69) is 9.97 Å². The quantitative estimate of drug-likeness (QED) is 0.603. The van der Waals surface area contributed by atoms with Crippen LogP contribution in [0.25, 0.3) is 0 Å². The van der Waals surface area contributed by atoms with Crippen LogP contribution in [0.1, 0.15) is 31.9 Å². The molecule has 0 aliphatic heterocycles. The van der Waals surface area contributed by atoms with Gasteiger partial charge in [0.25, 0.3) is 5.56 Å². The van der Waals surface area contributed by atoms with Crippen molar-refractivity contribution in [3.63, 3.8) is 0 Å². The number of aromatic amines is 1. The third-order valence-electron chi connectivity index (χ3n) is 1.89. The molecule has 0 radical (unpaired) electrons. The van der Waals surface area contributed by atoms with E-state index < -0.39 is 5.97 Å². The molecule has 0 unspecified atom stereocenters. The second kappa shape index (κ2) is 5.69. The Morgan fingerprint density at radius 2 is 2.31 bits per heavy atom. The Morgan fingerprint density at radius 3 is 2.88 bits per heavy atom. The smallest absolute Gasteiger partial charge is 0.304 e. The molecular weight excluding hydrogens is 228 g/mol. The first-order valence-electron chi connectivity index (χ1n) is 4.95. The predicted molar refractivity (Wildman–Crippen MR) is 61.9 cm³/mol. The fraction of sp³-hybridized carbons (Fsp3) is 0.500. The minimum Gasteiger partial charge on any atom is -0.481 e. The van der Waals surface area contributed by atoms with Crippen molar-refractivity contribution >= 4 is 17.7 Å². The third kappa shape index (κ3) is 4.06. The molecule has 1 aromatic heterocycles. The molecule has 0 spiro atoms. The van der Waals surface area contributed by atoms with Crippen LogP contribution >= 0.6 is 11.8 Å². The molecule has 0 saturated heterocycles. The van der Waals surface area contributed by atoms with Crippen molar-refractivity contribution in [3.8, 4) is 0 Å². The number of nitrogens with zero attached hydrogens (tertiary/aromatic N) is 1. The number of hydrogen-bond acceptors (Lipinski definition) is 4. The third-order valence-corrected chi connectivity index (χ3v) is 2.76. The summed E-state index contributed by atoms with van der Waals surface area (Å²) in [5.74, 6) is -0.268. The average Bonchev–Trinajstić information content (AvgIpc) is 2.16. The lowest BCUT2D eigenvalue weighted by molar-refractivity contribution is -0.136. The van der Waals surface area contributed by atoms with Gasteiger partial charge >= 0.3 is 5.97 Å². The Balaban J connectivity index is 2.73. The summed E-state index contributed by atoms with van der Waals surface area (Å²) >= 11 is 1.25. The molecule has 0 aliphatic rings. The van der Waals surface area contributed by atoms with Crippen molar-refractivity contribution in [2.45, 2.75) is 31.3 Å². The molecule has 0 amide bonds. The molecule has 6 heteroatoms. The lowest BCUT2D eigenvalue weighted by Gasteiger charge is -2.05. The largest absolute Gasteiger partial charge is 0.481 e. The number of rotatable bonds is 5. The molecule has 0 atom stereocenters. The number of aliphatic carboxylic acids is 1. The number of aromatic nitrogens is 2. The van der Waals surface area contributed by atoms with Crippen molar-refractivity contribution < 1.29 is 9.90 Å². The van der Waals surface area contributed by atoms with Crippen LogP contribution in [0.4, 0.5) is 0 Å². The lowest BCUT2D eigenvalue weighted by atomic mass is 10.1. The molecule has 0 bridgehead atoms. The lowest BCUT2D eigenvalue weighted by Crippen LogP contribution is -2.11. The van der Waals surface area contributed by atoms with Gasteiger partial charge in [0.1, 0.15) is 0 Å². The Hall–Kier alpha value is -1.30. The van der Waals surface area contributed by atoms with Crippen LogP contribution in [0.3, 0.4) is 0 Å². The van der Waals surface area contributed by atoms with Crippen molar-refractivity contribution in [3.05, 3.63) is 22.1 Å². The van der Waals surface area contributed by atoms with Crippen LogP contribution in [0.5, 0.6) is 0 Å². The van der Waals surface area contributed by atoms with Crippen molar-refractivity contribution in [2.75, 3.05) is 5.75 Å². The van der Waals surface area contributed by atoms with E-state index in [4.69, 9.17) is 5.11 Å². The summed E-state index contributed by atoms with van der Waals surface area (Å²) in [5.41, 5.74) is 0.526. The van der Waals surface area contributed by atoms with Gasteiger partial charge in [-0.15, -0.1) is 0 Å². The van der Waals surface area contributed by atoms with Crippen LogP contribution in [-0.4, -0.2) is 26.8 Å². The first-order chi connectivity index (χ1) is 7.49. The molecule has 0 aliphatic carbocycles. The van der Waals surface area contributed by atoms with Gasteiger partial charge in [-0.2, -0.15) is 0 Å². The van der Waals surface area contributed by atoms with Crippen LogP contribution in [0.15, 0.2) is 16.0 Å². The highest BCUT2D eigenvalue weighted by Gasteiger charge is 2.06. The predicted octanol–water partition coefficient (Wildman–Crippen LogP) is 1.46. The summed E-state index contributed by atoms with van der Waals surface area (Å²) in [6.07, 6.45) is 0.0558. The highest BCUT2D eigenvalue weighted by molar-refractivity contribution is 7.99. The van der Waals surface area contributed by atoms with Crippen molar-refractivity contribution in [1.82, 2.24) is 9.97 Å².